The lowest BCUT2D eigenvalue weighted by atomic mass is 10.2. The van der Waals surface area contributed by atoms with E-state index in [2.05, 4.69) is 10.5 Å². The number of nitrogens with zero attached hydrogens (tertiary/aromatic N) is 3. The molecule has 1 unspecified atom stereocenters. The molecule has 0 aliphatic carbocycles. The van der Waals surface area contributed by atoms with Crippen LogP contribution >= 0.6 is 0 Å². The molecular weight excluding hydrogens is 160 g/mol. The normalized spacial score (nSPS) is 21.6. The number of rotatable bonds is 3. The third-order valence-corrected chi connectivity index (χ3v) is 1.49. The molecule has 0 aromatic carbocycles. The van der Waals surface area contributed by atoms with Crippen molar-refractivity contribution in [2.45, 2.75) is 20.1 Å². The fourth-order valence-corrected chi connectivity index (χ4v) is 1.05. The Morgan fingerprint density at radius 3 is 3.00 bits per heavy atom. The predicted octanol–water partition coefficient (Wildman–Crippen LogP) is 0.0512. The molecule has 0 spiro atoms. The first-order chi connectivity index (χ1) is 5.61. The smallest absolute Gasteiger partial charge is 0.279 e. The zero-order valence-corrected chi connectivity index (χ0v) is 7.10. The Balaban J connectivity index is 2.51. The van der Waals surface area contributed by atoms with Gasteiger partial charge in [-0.1, -0.05) is 13.8 Å². The van der Waals surface area contributed by atoms with E-state index < -0.39 is 11.2 Å². The van der Waals surface area contributed by atoms with Crippen LogP contribution in [0.3, 0.4) is 0 Å². The minimum Gasteiger partial charge on any atom is -0.279 e. The average Bonchev–Trinajstić information content (AvgIpc) is 2.33. The maximum atomic E-state index is 10.4. The van der Waals surface area contributed by atoms with E-state index in [0.29, 0.717) is 12.5 Å². The van der Waals surface area contributed by atoms with Crippen LogP contribution < -0.4 is 5.43 Å². The monoisotopic (exact) mass is 172 g/mol. The molecule has 1 heterocycles. The SMILES string of the molecule is CC(C)CN1C=NNC1[N+](=O)[O-]. The summed E-state index contributed by atoms with van der Waals surface area (Å²) in [6.07, 6.45) is 0.584. The van der Waals surface area contributed by atoms with Crippen LogP contribution in [0.5, 0.6) is 0 Å². The van der Waals surface area contributed by atoms with Gasteiger partial charge in [0.2, 0.25) is 0 Å². The van der Waals surface area contributed by atoms with Crippen molar-refractivity contribution in [3.63, 3.8) is 0 Å². The highest BCUT2D eigenvalue weighted by molar-refractivity contribution is 5.56. The summed E-state index contributed by atoms with van der Waals surface area (Å²) in [5.74, 6) is 0.388. The summed E-state index contributed by atoms with van der Waals surface area (Å²) in [6.45, 7) is 4.65. The summed E-state index contributed by atoms with van der Waals surface area (Å²) in [7, 11) is 0. The second-order valence-corrected chi connectivity index (χ2v) is 3.12. The Labute approximate surface area is 70.4 Å². The van der Waals surface area contributed by atoms with Gasteiger partial charge in [0.25, 0.3) is 0 Å². The predicted molar refractivity (Wildman–Crippen MR) is 44.0 cm³/mol. The fraction of sp³-hybridized carbons (Fsp3) is 0.833. The molecule has 6 heteroatoms. The quantitative estimate of drug-likeness (QED) is 0.482. The molecule has 1 aliphatic heterocycles. The summed E-state index contributed by atoms with van der Waals surface area (Å²) in [6, 6.07) is 0. The Morgan fingerprint density at radius 1 is 1.83 bits per heavy atom. The summed E-state index contributed by atoms with van der Waals surface area (Å²) in [5.41, 5.74) is 2.41. The zero-order valence-electron chi connectivity index (χ0n) is 7.10. The molecule has 0 fully saturated rings. The van der Waals surface area contributed by atoms with Gasteiger partial charge in [-0.25, -0.2) is 5.43 Å². The number of nitrogens with one attached hydrogen (secondary N) is 1. The van der Waals surface area contributed by atoms with Gasteiger partial charge in [0.15, 0.2) is 0 Å². The van der Waals surface area contributed by atoms with Crippen LogP contribution in [0.2, 0.25) is 0 Å². The summed E-state index contributed by atoms with van der Waals surface area (Å²) in [4.78, 5) is 11.6. The molecule has 1 N–H and O–H groups in total. The molecule has 0 saturated carbocycles. The molecule has 0 bridgehead atoms. The molecule has 1 rings (SSSR count). The van der Waals surface area contributed by atoms with Gasteiger partial charge in [-0.15, -0.1) is 0 Å². The van der Waals surface area contributed by atoms with E-state index >= 15 is 0 Å². The Hall–Kier alpha value is -1.33. The van der Waals surface area contributed by atoms with Crippen molar-refractivity contribution in [2.24, 2.45) is 11.0 Å². The molecule has 1 atom stereocenters. The average molecular weight is 172 g/mol. The van der Waals surface area contributed by atoms with Gasteiger partial charge < -0.3 is 0 Å². The first-order valence-electron chi connectivity index (χ1n) is 3.79. The van der Waals surface area contributed by atoms with Crippen molar-refractivity contribution >= 4 is 6.34 Å². The van der Waals surface area contributed by atoms with Crippen molar-refractivity contribution in [2.75, 3.05) is 6.54 Å². The van der Waals surface area contributed by atoms with Gasteiger partial charge >= 0.3 is 6.29 Å². The third-order valence-electron chi connectivity index (χ3n) is 1.49. The van der Waals surface area contributed by atoms with E-state index in [1.165, 1.54) is 6.34 Å². The lowest BCUT2D eigenvalue weighted by Gasteiger charge is -2.18. The Morgan fingerprint density at radius 2 is 2.50 bits per heavy atom. The molecule has 6 nitrogen and oxygen atoms in total. The topological polar surface area (TPSA) is 70.8 Å². The lowest BCUT2D eigenvalue weighted by Crippen LogP contribution is -2.44. The number of hydrogen-bond donors (Lipinski definition) is 1. The second-order valence-electron chi connectivity index (χ2n) is 3.12. The third kappa shape index (κ3) is 1.84. The van der Waals surface area contributed by atoms with Crippen LogP contribution in [0, 0.1) is 16.0 Å². The van der Waals surface area contributed by atoms with E-state index in [9.17, 15) is 10.1 Å². The van der Waals surface area contributed by atoms with Crippen molar-refractivity contribution < 1.29 is 4.92 Å². The van der Waals surface area contributed by atoms with Gasteiger partial charge in [-0.05, 0) is 5.92 Å². The minimum absolute atomic E-state index is 0.388. The maximum absolute atomic E-state index is 10.4. The number of nitro groups is 1. The van der Waals surface area contributed by atoms with Crippen LogP contribution in [0.1, 0.15) is 13.8 Å². The molecule has 0 amide bonds. The van der Waals surface area contributed by atoms with E-state index in [1.54, 1.807) is 4.90 Å². The molecule has 0 saturated heterocycles. The largest absolute Gasteiger partial charge is 0.381 e. The first kappa shape index (κ1) is 8.76. The van der Waals surface area contributed by atoms with Crippen LogP contribution in [-0.2, 0) is 0 Å². The van der Waals surface area contributed by atoms with Gasteiger partial charge in [0.05, 0.1) is 4.92 Å². The molecule has 68 valence electrons. The van der Waals surface area contributed by atoms with Crippen molar-refractivity contribution in [3.8, 4) is 0 Å². The Kier molecular flexibility index (Phi) is 2.47. The summed E-state index contributed by atoms with van der Waals surface area (Å²) in [5, 5.41) is 14.0. The van der Waals surface area contributed by atoms with Crippen LogP contribution in [0.15, 0.2) is 5.10 Å². The van der Waals surface area contributed by atoms with Gasteiger partial charge in [0, 0.05) is 6.54 Å². The number of hydrogen-bond acceptors (Lipinski definition) is 5. The van der Waals surface area contributed by atoms with Crippen molar-refractivity contribution in [1.82, 2.24) is 10.3 Å². The van der Waals surface area contributed by atoms with E-state index in [0.717, 1.165) is 0 Å². The maximum Gasteiger partial charge on any atom is 0.381 e. The minimum atomic E-state index is -0.882. The van der Waals surface area contributed by atoms with Crippen LogP contribution in [0.25, 0.3) is 0 Å². The first-order valence-corrected chi connectivity index (χ1v) is 3.79. The van der Waals surface area contributed by atoms with E-state index in [4.69, 9.17) is 0 Å². The molecule has 1 aliphatic rings. The molecule has 0 aromatic rings. The molecular formula is C6H12N4O2. The van der Waals surface area contributed by atoms with Gasteiger partial charge in [0.1, 0.15) is 6.34 Å². The van der Waals surface area contributed by atoms with Gasteiger partial charge in [-0.2, -0.15) is 5.10 Å². The van der Waals surface area contributed by atoms with Crippen molar-refractivity contribution in [1.29, 1.82) is 0 Å². The lowest BCUT2D eigenvalue weighted by molar-refractivity contribution is -0.549. The highest BCUT2D eigenvalue weighted by Gasteiger charge is 2.29. The van der Waals surface area contributed by atoms with E-state index in [-0.39, 0.29) is 0 Å². The van der Waals surface area contributed by atoms with Crippen molar-refractivity contribution in [3.05, 3.63) is 10.1 Å². The van der Waals surface area contributed by atoms with Gasteiger partial charge in [-0.3, -0.25) is 15.0 Å². The highest BCUT2D eigenvalue weighted by Crippen LogP contribution is 2.04. The number of hydrazone groups is 1. The molecule has 0 radical (unpaired) electrons. The fourth-order valence-electron chi connectivity index (χ4n) is 1.05. The summed E-state index contributed by atoms with van der Waals surface area (Å²) < 4.78 is 0. The molecule has 12 heavy (non-hydrogen) atoms. The second kappa shape index (κ2) is 3.38. The highest BCUT2D eigenvalue weighted by atomic mass is 16.6. The Bertz CT molecular complexity index is 204. The summed E-state index contributed by atoms with van der Waals surface area (Å²) >= 11 is 0. The van der Waals surface area contributed by atoms with E-state index in [1.807, 2.05) is 13.8 Å². The zero-order chi connectivity index (χ0) is 9.14. The standard InChI is InChI=1S/C6H12N4O2/c1-5(2)3-9-4-7-8-6(9)10(11)12/h4-6,8H,3H2,1-2H3. The molecule has 0 aromatic heterocycles. The van der Waals surface area contributed by atoms with Crippen LogP contribution in [-0.4, -0.2) is 29.0 Å². The van der Waals surface area contributed by atoms with Crippen LogP contribution in [0.4, 0.5) is 0 Å².